The van der Waals surface area contributed by atoms with E-state index < -0.39 is 10.9 Å². The molecule has 6 heteroatoms. The molecule has 0 aliphatic heterocycles. The highest BCUT2D eigenvalue weighted by Gasteiger charge is 2.26. The Bertz CT molecular complexity index is 1200. The van der Waals surface area contributed by atoms with Crippen LogP contribution in [0.2, 0.25) is 0 Å². The molecule has 6 nitrogen and oxygen atoms in total. The molecule has 1 aromatic heterocycles. The SMILES string of the molecule is COC(=O)c1c(-c2ccccc2)[nH]c(-c2ccccc2)c1-c1ccc([N+](=O)[O-])cc1. The minimum absolute atomic E-state index is 0.0153. The highest BCUT2D eigenvalue weighted by Crippen LogP contribution is 2.41. The Labute approximate surface area is 172 Å². The molecule has 1 heterocycles. The van der Waals surface area contributed by atoms with E-state index in [-0.39, 0.29) is 5.69 Å². The Morgan fingerprint density at radius 3 is 1.83 bits per heavy atom. The van der Waals surface area contributed by atoms with Crippen LogP contribution in [0, 0.1) is 10.1 Å². The number of carbonyl (C=O) groups excluding carboxylic acids is 1. The van der Waals surface area contributed by atoms with Crippen molar-refractivity contribution in [3.05, 3.63) is 101 Å². The van der Waals surface area contributed by atoms with Gasteiger partial charge in [0.2, 0.25) is 0 Å². The molecule has 0 amide bonds. The molecule has 0 fully saturated rings. The van der Waals surface area contributed by atoms with Gasteiger partial charge in [0.05, 0.1) is 29.0 Å². The summed E-state index contributed by atoms with van der Waals surface area (Å²) < 4.78 is 5.10. The van der Waals surface area contributed by atoms with Crippen molar-refractivity contribution in [2.75, 3.05) is 7.11 Å². The number of nitrogens with zero attached hydrogens (tertiary/aromatic N) is 1. The van der Waals surface area contributed by atoms with Crippen LogP contribution in [0.4, 0.5) is 5.69 Å². The molecule has 0 saturated carbocycles. The number of ether oxygens (including phenoxy) is 1. The zero-order chi connectivity index (χ0) is 21.1. The number of rotatable bonds is 5. The molecule has 4 rings (SSSR count). The van der Waals surface area contributed by atoms with Crippen molar-refractivity contribution in [2.24, 2.45) is 0 Å². The van der Waals surface area contributed by atoms with Crippen molar-refractivity contribution in [1.82, 2.24) is 4.98 Å². The first kappa shape index (κ1) is 19.1. The molecule has 0 aliphatic rings. The molecule has 3 aromatic carbocycles. The molecular formula is C24H18N2O4. The van der Waals surface area contributed by atoms with Crippen molar-refractivity contribution in [3.8, 4) is 33.6 Å². The van der Waals surface area contributed by atoms with E-state index in [4.69, 9.17) is 4.74 Å². The van der Waals surface area contributed by atoms with E-state index in [1.807, 2.05) is 60.7 Å². The number of nitro groups is 1. The van der Waals surface area contributed by atoms with Gasteiger partial charge in [-0.3, -0.25) is 10.1 Å². The third-order valence-corrected chi connectivity index (χ3v) is 4.88. The zero-order valence-corrected chi connectivity index (χ0v) is 16.2. The second-order valence-electron chi connectivity index (χ2n) is 6.65. The lowest BCUT2D eigenvalue weighted by atomic mass is 9.95. The number of carbonyl (C=O) groups is 1. The fraction of sp³-hybridized carbons (Fsp3) is 0.0417. The average molecular weight is 398 g/mol. The van der Waals surface area contributed by atoms with Crippen LogP contribution < -0.4 is 0 Å². The van der Waals surface area contributed by atoms with Gasteiger partial charge in [0.25, 0.3) is 5.69 Å². The van der Waals surface area contributed by atoms with Gasteiger partial charge in [-0.2, -0.15) is 0 Å². The van der Waals surface area contributed by atoms with E-state index in [9.17, 15) is 14.9 Å². The number of hydrogen-bond acceptors (Lipinski definition) is 4. The summed E-state index contributed by atoms with van der Waals surface area (Å²) in [6, 6.07) is 25.3. The van der Waals surface area contributed by atoms with Crippen LogP contribution >= 0.6 is 0 Å². The third-order valence-electron chi connectivity index (χ3n) is 4.88. The first-order valence-electron chi connectivity index (χ1n) is 9.30. The molecule has 4 aromatic rings. The minimum Gasteiger partial charge on any atom is -0.465 e. The second-order valence-corrected chi connectivity index (χ2v) is 6.65. The number of esters is 1. The van der Waals surface area contributed by atoms with Gasteiger partial charge >= 0.3 is 5.97 Å². The molecule has 0 unspecified atom stereocenters. The molecule has 0 atom stereocenters. The maximum Gasteiger partial charge on any atom is 0.340 e. The molecule has 0 spiro atoms. The van der Waals surface area contributed by atoms with Crippen LogP contribution in [0.1, 0.15) is 10.4 Å². The Hall–Kier alpha value is -4.19. The fourth-order valence-electron chi connectivity index (χ4n) is 3.49. The molecule has 30 heavy (non-hydrogen) atoms. The van der Waals surface area contributed by atoms with Gasteiger partial charge in [-0.05, 0) is 28.8 Å². The summed E-state index contributed by atoms with van der Waals surface area (Å²) in [5.74, 6) is -0.486. The van der Waals surface area contributed by atoms with Gasteiger partial charge < -0.3 is 9.72 Å². The largest absolute Gasteiger partial charge is 0.465 e. The third kappa shape index (κ3) is 3.46. The molecule has 148 valence electrons. The first-order valence-corrected chi connectivity index (χ1v) is 9.30. The number of nitro benzene ring substituents is 1. The number of aromatic amines is 1. The monoisotopic (exact) mass is 398 g/mol. The lowest BCUT2D eigenvalue weighted by molar-refractivity contribution is -0.384. The summed E-state index contributed by atoms with van der Waals surface area (Å²) in [4.78, 5) is 26.9. The van der Waals surface area contributed by atoms with Crippen LogP contribution in [0.3, 0.4) is 0 Å². The number of nitrogens with one attached hydrogen (secondary N) is 1. The van der Waals surface area contributed by atoms with Gasteiger partial charge in [-0.25, -0.2) is 4.79 Å². The second kappa shape index (κ2) is 8.05. The summed E-state index contributed by atoms with van der Waals surface area (Å²) >= 11 is 0. The van der Waals surface area contributed by atoms with Gasteiger partial charge in [-0.1, -0.05) is 60.7 Å². The topological polar surface area (TPSA) is 85.2 Å². The van der Waals surface area contributed by atoms with E-state index in [0.29, 0.717) is 22.4 Å². The van der Waals surface area contributed by atoms with E-state index >= 15 is 0 Å². The minimum atomic E-state index is -0.486. The summed E-state index contributed by atoms with van der Waals surface area (Å²) in [5.41, 5.74) is 4.79. The first-order chi connectivity index (χ1) is 14.6. The van der Waals surface area contributed by atoms with Gasteiger partial charge in [0, 0.05) is 17.7 Å². The normalized spacial score (nSPS) is 10.6. The Morgan fingerprint density at radius 1 is 0.800 bits per heavy atom. The smallest absolute Gasteiger partial charge is 0.340 e. The van der Waals surface area contributed by atoms with Crippen molar-refractivity contribution in [2.45, 2.75) is 0 Å². The molecule has 1 N–H and O–H groups in total. The Morgan fingerprint density at radius 2 is 1.33 bits per heavy atom. The van der Waals surface area contributed by atoms with Crippen LogP contribution in [-0.4, -0.2) is 23.0 Å². The van der Waals surface area contributed by atoms with Crippen LogP contribution in [0.25, 0.3) is 33.6 Å². The maximum atomic E-state index is 12.9. The number of benzene rings is 3. The standard InChI is InChI=1S/C24H18N2O4/c1-30-24(27)21-20(16-12-14-19(15-13-16)26(28)29)22(17-8-4-2-5-9-17)25-23(21)18-10-6-3-7-11-18/h2-15,25H,1H3. The summed E-state index contributed by atoms with van der Waals surface area (Å²) in [6.45, 7) is 0. The number of aromatic nitrogens is 1. The number of non-ortho nitro benzene ring substituents is 1. The summed E-state index contributed by atoms with van der Waals surface area (Å²) in [7, 11) is 1.34. The van der Waals surface area contributed by atoms with E-state index in [1.54, 1.807) is 12.1 Å². The van der Waals surface area contributed by atoms with E-state index in [2.05, 4.69) is 4.98 Å². The molecule has 0 aliphatic carbocycles. The van der Waals surface area contributed by atoms with Crippen molar-refractivity contribution in [3.63, 3.8) is 0 Å². The van der Waals surface area contributed by atoms with Crippen LogP contribution in [-0.2, 0) is 4.74 Å². The predicted octanol–water partition coefficient (Wildman–Crippen LogP) is 5.71. The number of H-pyrrole nitrogens is 1. The predicted molar refractivity (Wildman–Crippen MR) is 115 cm³/mol. The lowest BCUT2D eigenvalue weighted by Crippen LogP contribution is -2.04. The van der Waals surface area contributed by atoms with Crippen LogP contribution in [0.5, 0.6) is 0 Å². The highest BCUT2D eigenvalue weighted by atomic mass is 16.6. The summed E-state index contributed by atoms with van der Waals surface area (Å²) in [6.07, 6.45) is 0. The number of methoxy groups -OCH3 is 1. The Kier molecular flexibility index (Phi) is 5.13. The molecule has 0 saturated heterocycles. The molecule has 0 radical (unpaired) electrons. The van der Waals surface area contributed by atoms with Crippen molar-refractivity contribution < 1.29 is 14.5 Å². The van der Waals surface area contributed by atoms with Crippen molar-refractivity contribution >= 4 is 11.7 Å². The highest BCUT2D eigenvalue weighted by molar-refractivity contribution is 6.07. The fourth-order valence-corrected chi connectivity index (χ4v) is 3.49. The van der Waals surface area contributed by atoms with E-state index in [0.717, 1.165) is 16.8 Å². The zero-order valence-electron chi connectivity index (χ0n) is 16.2. The van der Waals surface area contributed by atoms with Gasteiger partial charge in [-0.15, -0.1) is 0 Å². The van der Waals surface area contributed by atoms with Crippen molar-refractivity contribution in [1.29, 1.82) is 0 Å². The molecular weight excluding hydrogens is 380 g/mol. The number of hydrogen-bond donors (Lipinski definition) is 1. The van der Waals surface area contributed by atoms with E-state index in [1.165, 1.54) is 19.2 Å². The van der Waals surface area contributed by atoms with Gasteiger partial charge in [0.1, 0.15) is 0 Å². The molecule has 0 bridgehead atoms. The summed E-state index contributed by atoms with van der Waals surface area (Å²) in [5, 5.41) is 11.1. The Balaban J connectivity index is 2.03. The lowest BCUT2D eigenvalue weighted by Gasteiger charge is -2.08. The average Bonchev–Trinajstić information content (AvgIpc) is 3.20. The van der Waals surface area contributed by atoms with Gasteiger partial charge in [0.15, 0.2) is 0 Å². The maximum absolute atomic E-state index is 12.9. The quantitative estimate of drug-likeness (QED) is 0.265. The van der Waals surface area contributed by atoms with Crippen LogP contribution in [0.15, 0.2) is 84.9 Å².